The molecule has 0 atom stereocenters. The first-order chi connectivity index (χ1) is 8.72. The van der Waals surface area contributed by atoms with Crippen molar-refractivity contribution in [2.24, 2.45) is 0 Å². The Morgan fingerprint density at radius 2 is 1.94 bits per heavy atom. The summed E-state index contributed by atoms with van der Waals surface area (Å²) in [5.41, 5.74) is 0.398. The van der Waals surface area contributed by atoms with Crippen molar-refractivity contribution >= 4 is 5.97 Å². The van der Waals surface area contributed by atoms with Crippen LogP contribution >= 0.6 is 0 Å². The highest BCUT2D eigenvalue weighted by molar-refractivity contribution is 5.87. The maximum atomic E-state index is 11.4. The number of oxazole rings is 1. The molecule has 0 radical (unpaired) electrons. The molecule has 0 N–H and O–H groups in total. The second kappa shape index (κ2) is 7.80. The molecule has 0 bridgehead atoms. The van der Waals surface area contributed by atoms with Gasteiger partial charge in [-0.3, -0.25) is 0 Å². The molecule has 1 heterocycles. The van der Waals surface area contributed by atoms with Crippen molar-refractivity contribution in [2.75, 3.05) is 34.5 Å². The Labute approximate surface area is 105 Å². The molecule has 0 fully saturated rings. The molecule has 0 aliphatic carbocycles. The maximum Gasteiger partial charge on any atom is 0.376 e. The number of carbonyl (C=O) groups is 1. The molecule has 0 spiro atoms. The van der Waals surface area contributed by atoms with Crippen LogP contribution in [0.1, 0.15) is 22.1 Å². The second-order valence-corrected chi connectivity index (χ2v) is 3.35. The lowest BCUT2D eigenvalue weighted by Crippen LogP contribution is -2.04. The fraction of sp³-hybridized carbons (Fsp3) is 0.636. The predicted octanol–water partition coefficient (Wildman–Crippen LogP) is 0.771. The van der Waals surface area contributed by atoms with Gasteiger partial charge in [0.25, 0.3) is 0 Å². The van der Waals surface area contributed by atoms with Crippen molar-refractivity contribution in [1.82, 2.24) is 4.98 Å². The van der Waals surface area contributed by atoms with Crippen LogP contribution in [0.25, 0.3) is 0 Å². The van der Waals surface area contributed by atoms with Crippen molar-refractivity contribution in [3.05, 3.63) is 17.3 Å². The van der Waals surface area contributed by atoms with Gasteiger partial charge in [-0.1, -0.05) is 0 Å². The first kappa shape index (κ1) is 14.6. The molecule has 0 aliphatic rings. The third-order valence-corrected chi connectivity index (χ3v) is 2.05. The van der Waals surface area contributed by atoms with Gasteiger partial charge < -0.3 is 23.4 Å². The van der Waals surface area contributed by atoms with Crippen molar-refractivity contribution in [1.29, 1.82) is 0 Å². The van der Waals surface area contributed by atoms with Crippen LogP contribution in [0.2, 0.25) is 0 Å². The lowest BCUT2D eigenvalue weighted by atomic mass is 10.3. The Kier molecular flexibility index (Phi) is 6.34. The average molecular weight is 259 g/mol. The van der Waals surface area contributed by atoms with Crippen LogP contribution in [0.3, 0.4) is 0 Å². The summed E-state index contributed by atoms with van der Waals surface area (Å²) >= 11 is 0. The highest BCUT2D eigenvalue weighted by atomic mass is 16.5. The fourth-order valence-corrected chi connectivity index (χ4v) is 1.25. The van der Waals surface area contributed by atoms with E-state index in [2.05, 4.69) is 9.72 Å². The van der Waals surface area contributed by atoms with Gasteiger partial charge in [0.15, 0.2) is 0 Å². The van der Waals surface area contributed by atoms with Gasteiger partial charge in [-0.25, -0.2) is 9.78 Å². The summed E-state index contributed by atoms with van der Waals surface area (Å²) in [7, 11) is 4.36. The van der Waals surface area contributed by atoms with Gasteiger partial charge in [0.1, 0.15) is 12.3 Å². The Hall–Kier alpha value is -1.44. The SMILES string of the molecule is COCCOCc1nc(COC)c(C(=O)OC)o1. The molecule has 102 valence electrons. The standard InChI is InChI=1S/C11H17NO6/c1-14-4-5-17-7-9-12-8(6-15-2)10(18-9)11(13)16-3/h4-7H2,1-3H3. The number of methoxy groups -OCH3 is 3. The molecule has 18 heavy (non-hydrogen) atoms. The predicted molar refractivity (Wildman–Crippen MR) is 60.1 cm³/mol. The molecule has 7 heteroatoms. The van der Waals surface area contributed by atoms with Gasteiger partial charge in [0.05, 0.1) is 26.9 Å². The van der Waals surface area contributed by atoms with E-state index >= 15 is 0 Å². The third-order valence-electron chi connectivity index (χ3n) is 2.05. The number of carbonyl (C=O) groups excluding carboxylic acids is 1. The molecular formula is C11H17NO6. The number of ether oxygens (including phenoxy) is 4. The minimum absolute atomic E-state index is 0.0460. The lowest BCUT2D eigenvalue weighted by Gasteiger charge is -1.99. The number of rotatable bonds is 8. The van der Waals surface area contributed by atoms with E-state index in [1.165, 1.54) is 14.2 Å². The largest absolute Gasteiger partial charge is 0.463 e. The van der Waals surface area contributed by atoms with E-state index in [1.54, 1.807) is 7.11 Å². The van der Waals surface area contributed by atoms with Gasteiger partial charge in [-0.05, 0) is 0 Å². The number of nitrogens with zero attached hydrogens (tertiary/aromatic N) is 1. The zero-order chi connectivity index (χ0) is 13.4. The average Bonchev–Trinajstić information content (AvgIpc) is 2.77. The topological polar surface area (TPSA) is 80.0 Å². The van der Waals surface area contributed by atoms with Crippen LogP contribution in [0, 0.1) is 0 Å². The number of hydrogen-bond acceptors (Lipinski definition) is 7. The molecule has 1 aromatic heterocycles. The van der Waals surface area contributed by atoms with Gasteiger partial charge in [0, 0.05) is 14.2 Å². The quantitative estimate of drug-likeness (QED) is 0.504. The summed E-state index contributed by atoms with van der Waals surface area (Å²) in [6, 6.07) is 0. The summed E-state index contributed by atoms with van der Waals surface area (Å²) in [6.07, 6.45) is 0. The van der Waals surface area contributed by atoms with Crippen LogP contribution in [0.5, 0.6) is 0 Å². The number of aromatic nitrogens is 1. The molecule has 7 nitrogen and oxygen atoms in total. The van der Waals surface area contributed by atoms with Crippen molar-refractivity contribution in [3.63, 3.8) is 0 Å². The van der Waals surface area contributed by atoms with Gasteiger partial charge in [-0.15, -0.1) is 0 Å². The van der Waals surface area contributed by atoms with Crippen LogP contribution in [0.15, 0.2) is 4.42 Å². The highest BCUT2D eigenvalue weighted by Crippen LogP contribution is 2.14. The number of hydrogen-bond donors (Lipinski definition) is 0. The molecule has 0 amide bonds. The summed E-state index contributed by atoms with van der Waals surface area (Å²) < 4.78 is 24.9. The Bertz CT molecular complexity index is 376. The van der Waals surface area contributed by atoms with Crippen LogP contribution in [-0.2, 0) is 32.2 Å². The highest BCUT2D eigenvalue weighted by Gasteiger charge is 2.20. The normalized spacial score (nSPS) is 10.6. The van der Waals surface area contributed by atoms with Gasteiger partial charge in [-0.2, -0.15) is 0 Å². The molecule has 0 saturated heterocycles. The van der Waals surface area contributed by atoms with E-state index in [9.17, 15) is 4.79 Å². The van der Waals surface area contributed by atoms with Gasteiger partial charge >= 0.3 is 5.97 Å². The van der Waals surface area contributed by atoms with Crippen molar-refractivity contribution in [3.8, 4) is 0 Å². The van der Waals surface area contributed by atoms with Crippen molar-refractivity contribution in [2.45, 2.75) is 13.2 Å². The minimum Gasteiger partial charge on any atom is -0.463 e. The summed E-state index contributed by atoms with van der Waals surface area (Å²) in [5.74, 6) is -0.235. The Morgan fingerprint density at radius 3 is 2.56 bits per heavy atom. The fourth-order valence-electron chi connectivity index (χ4n) is 1.25. The first-order valence-electron chi connectivity index (χ1n) is 5.35. The van der Waals surface area contributed by atoms with E-state index in [-0.39, 0.29) is 19.0 Å². The van der Waals surface area contributed by atoms with Gasteiger partial charge in [0.2, 0.25) is 11.7 Å². The van der Waals surface area contributed by atoms with Crippen LogP contribution in [-0.4, -0.2) is 45.5 Å². The zero-order valence-electron chi connectivity index (χ0n) is 10.7. The zero-order valence-corrected chi connectivity index (χ0v) is 10.7. The van der Waals surface area contributed by atoms with E-state index in [0.717, 1.165) is 0 Å². The Balaban J connectivity index is 2.66. The molecule has 0 saturated carbocycles. The van der Waals surface area contributed by atoms with E-state index < -0.39 is 5.97 Å². The van der Waals surface area contributed by atoms with Crippen molar-refractivity contribution < 1.29 is 28.2 Å². The summed E-state index contributed by atoms with van der Waals surface area (Å²) in [6.45, 7) is 1.24. The minimum atomic E-state index is -0.585. The van der Waals surface area contributed by atoms with E-state index in [4.69, 9.17) is 18.6 Å². The molecule has 0 aliphatic heterocycles. The summed E-state index contributed by atoms with van der Waals surface area (Å²) in [4.78, 5) is 15.5. The second-order valence-electron chi connectivity index (χ2n) is 3.35. The van der Waals surface area contributed by atoms with E-state index in [0.29, 0.717) is 24.8 Å². The van der Waals surface area contributed by atoms with E-state index in [1.807, 2.05) is 0 Å². The van der Waals surface area contributed by atoms with Crippen LogP contribution in [0.4, 0.5) is 0 Å². The Morgan fingerprint density at radius 1 is 1.17 bits per heavy atom. The lowest BCUT2D eigenvalue weighted by molar-refractivity contribution is 0.0472. The molecule has 0 unspecified atom stereocenters. The smallest absolute Gasteiger partial charge is 0.376 e. The molecular weight excluding hydrogens is 242 g/mol. The number of esters is 1. The maximum absolute atomic E-state index is 11.4. The summed E-state index contributed by atoms with van der Waals surface area (Å²) in [5, 5.41) is 0. The molecule has 0 aromatic carbocycles. The molecule has 1 rings (SSSR count). The third kappa shape index (κ3) is 4.10. The molecule has 1 aromatic rings. The monoisotopic (exact) mass is 259 g/mol. The first-order valence-corrected chi connectivity index (χ1v) is 5.35. The van der Waals surface area contributed by atoms with Crippen LogP contribution < -0.4 is 0 Å².